The van der Waals surface area contributed by atoms with E-state index in [1.807, 2.05) is 0 Å². The van der Waals surface area contributed by atoms with Crippen molar-refractivity contribution in [1.82, 2.24) is 25.9 Å². The number of carboxylic acid groups (broad SMARTS) is 1. The second kappa shape index (κ2) is 13.8. The molecule has 0 radical (unpaired) electrons. The zero-order chi connectivity index (χ0) is 25.8. The Balaban J connectivity index is 2.80. The topological polar surface area (TPSA) is 244 Å². The fraction of sp³-hybridized carbons (Fsp3) is 0.600. The molecule has 34 heavy (non-hydrogen) atoms. The number of imidazole rings is 1. The second-order valence-electron chi connectivity index (χ2n) is 8.20. The van der Waals surface area contributed by atoms with Crippen molar-refractivity contribution < 1.29 is 24.3 Å². The number of carbonyl (C=O) groups excluding carboxylic acids is 3. The quantitative estimate of drug-likeness (QED) is 0.0797. The van der Waals surface area contributed by atoms with Gasteiger partial charge in [0.2, 0.25) is 17.7 Å². The summed E-state index contributed by atoms with van der Waals surface area (Å²) in [5.74, 6) is -3.47. The van der Waals surface area contributed by atoms with Gasteiger partial charge < -0.3 is 43.2 Å². The number of rotatable bonds is 14. The van der Waals surface area contributed by atoms with Crippen molar-refractivity contribution in [2.75, 3.05) is 6.54 Å². The average molecular weight is 482 g/mol. The maximum Gasteiger partial charge on any atom is 0.326 e. The zero-order valence-corrected chi connectivity index (χ0v) is 19.6. The van der Waals surface area contributed by atoms with E-state index in [9.17, 15) is 24.3 Å². The summed E-state index contributed by atoms with van der Waals surface area (Å²) in [7, 11) is 0. The molecule has 0 aliphatic carbocycles. The lowest BCUT2D eigenvalue weighted by Crippen LogP contribution is -2.57. The van der Waals surface area contributed by atoms with Gasteiger partial charge in [-0.05, 0) is 25.7 Å². The van der Waals surface area contributed by atoms with E-state index in [1.54, 1.807) is 13.8 Å². The molecule has 0 aliphatic heterocycles. The summed E-state index contributed by atoms with van der Waals surface area (Å²) in [6, 6.07) is -4.13. The lowest BCUT2D eigenvalue weighted by atomic mass is 10.0. The Hall–Kier alpha value is -3.68. The van der Waals surface area contributed by atoms with Gasteiger partial charge in [-0.25, -0.2) is 9.78 Å². The third-order valence-corrected chi connectivity index (χ3v) is 4.90. The number of aliphatic imine (C=N–C) groups is 1. The summed E-state index contributed by atoms with van der Waals surface area (Å²) in [6.45, 7) is 5.02. The minimum atomic E-state index is -1.18. The van der Waals surface area contributed by atoms with Crippen LogP contribution in [0.3, 0.4) is 0 Å². The summed E-state index contributed by atoms with van der Waals surface area (Å²) < 4.78 is 0. The fourth-order valence-corrected chi connectivity index (χ4v) is 2.93. The van der Waals surface area contributed by atoms with Crippen molar-refractivity contribution in [2.45, 2.75) is 64.2 Å². The minimum Gasteiger partial charge on any atom is -0.480 e. The highest BCUT2D eigenvalue weighted by atomic mass is 16.4. The number of nitrogens with one attached hydrogen (secondary N) is 4. The normalized spacial score (nSPS) is 14.4. The highest BCUT2D eigenvalue weighted by Crippen LogP contribution is 2.04. The van der Waals surface area contributed by atoms with Crippen molar-refractivity contribution in [3.8, 4) is 0 Å². The van der Waals surface area contributed by atoms with E-state index in [1.165, 1.54) is 19.4 Å². The predicted molar refractivity (Wildman–Crippen MR) is 124 cm³/mol. The van der Waals surface area contributed by atoms with Crippen LogP contribution in [0.5, 0.6) is 0 Å². The van der Waals surface area contributed by atoms with Gasteiger partial charge in [-0.15, -0.1) is 0 Å². The number of hydrogen-bond donors (Lipinski definition) is 8. The molecule has 0 saturated carbocycles. The molecule has 1 rings (SSSR count). The Morgan fingerprint density at radius 1 is 1.09 bits per heavy atom. The number of aromatic amines is 1. The number of aromatic nitrogens is 2. The van der Waals surface area contributed by atoms with Gasteiger partial charge in [0.15, 0.2) is 5.96 Å². The van der Waals surface area contributed by atoms with Gasteiger partial charge in [-0.2, -0.15) is 0 Å². The van der Waals surface area contributed by atoms with Gasteiger partial charge in [0.1, 0.15) is 18.1 Å². The molecule has 14 heteroatoms. The number of amides is 3. The summed E-state index contributed by atoms with van der Waals surface area (Å²) >= 11 is 0. The Kier molecular flexibility index (Phi) is 11.5. The molecule has 0 aromatic carbocycles. The van der Waals surface area contributed by atoms with Crippen molar-refractivity contribution in [2.24, 2.45) is 28.1 Å². The van der Waals surface area contributed by atoms with E-state index in [-0.39, 0.29) is 24.7 Å². The fourth-order valence-electron chi connectivity index (χ4n) is 2.93. The zero-order valence-electron chi connectivity index (χ0n) is 19.6. The van der Waals surface area contributed by atoms with E-state index in [0.717, 1.165) is 0 Å². The van der Waals surface area contributed by atoms with Crippen LogP contribution >= 0.6 is 0 Å². The molecule has 0 aliphatic rings. The van der Waals surface area contributed by atoms with Crippen LogP contribution in [-0.2, 0) is 25.6 Å². The molecule has 0 fully saturated rings. The van der Waals surface area contributed by atoms with Crippen molar-refractivity contribution in [3.63, 3.8) is 0 Å². The monoisotopic (exact) mass is 481 g/mol. The Morgan fingerprint density at radius 2 is 1.76 bits per heavy atom. The number of guanidine groups is 1. The minimum absolute atomic E-state index is 0.0597. The molecule has 1 aromatic rings. The molecular formula is C20H35N9O5. The molecule has 4 atom stereocenters. The van der Waals surface area contributed by atoms with Crippen LogP contribution in [0.1, 0.15) is 39.3 Å². The Labute approximate surface area is 197 Å². The Bertz CT molecular complexity index is 853. The lowest BCUT2D eigenvalue weighted by molar-refractivity contribution is -0.143. The van der Waals surface area contributed by atoms with Crippen molar-refractivity contribution in [1.29, 1.82) is 0 Å². The molecule has 1 aromatic heterocycles. The van der Waals surface area contributed by atoms with Crippen LogP contribution in [0.2, 0.25) is 0 Å². The number of carboxylic acids is 1. The molecule has 4 unspecified atom stereocenters. The van der Waals surface area contributed by atoms with Crippen LogP contribution in [-0.4, -0.2) is 75.4 Å². The first-order valence-corrected chi connectivity index (χ1v) is 10.8. The molecule has 14 nitrogen and oxygen atoms in total. The molecule has 1 heterocycles. The standard InChI is InChI=1S/C20H35N9O5/c1-10(2)15(19(33)34)29-16(30)11(3)27-18(32)14(7-12-8-24-9-26-12)28-17(31)13(21)5-4-6-25-20(22)23/h8-11,13-15H,4-7,21H2,1-3H3,(H,24,26)(H,27,32)(H,28,31)(H,29,30)(H,33,34)(H4,22,23,25). The largest absolute Gasteiger partial charge is 0.480 e. The number of carbonyl (C=O) groups is 4. The number of nitrogens with two attached hydrogens (primary N) is 3. The number of nitrogens with zero attached hydrogens (tertiary/aromatic N) is 2. The smallest absolute Gasteiger partial charge is 0.326 e. The first kappa shape index (κ1) is 28.4. The predicted octanol–water partition coefficient (Wildman–Crippen LogP) is -2.45. The van der Waals surface area contributed by atoms with Gasteiger partial charge in [-0.1, -0.05) is 13.8 Å². The highest BCUT2D eigenvalue weighted by Gasteiger charge is 2.29. The first-order valence-electron chi connectivity index (χ1n) is 10.8. The summed E-state index contributed by atoms with van der Waals surface area (Å²) in [6.07, 6.45) is 3.73. The lowest BCUT2D eigenvalue weighted by Gasteiger charge is -2.24. The van der Waals surface area contributed by atoms with E-state index in [2.05, 4.69) is 30.9 Å². The summed E-state index contributed by atoms with van der Waals surface area (Å²) in [4.78, 5) is 59.8. The molecule has 0 bridgehead atoms. The molecule has 3 amide bonds. The van der Waals surface area contributed by atoms with Crippen molar-refractivity contribution >= 4 is 29.7 Å². The highest BCUT2D eigenvalue weighted by molar-refractivity contribution is 5.94. The van der Waals surface area contributed by atoms with Gasteiger partial charge >= 0.3 is 5.97 Å². The molecule has 0 spiro atoms. The number of H-pyrrole nitrogens is 1. The van der Waals surface area contributed by atoms with E-state index >= 15 is 0 Å². The maximum atomic E-state index is 12.9. The average Bonchev–Trinajstić information content (AvgIpc) is 3.26. The van der Waals surface area contributed by atoms with Gasteiger partial charge in [0, 0.05) is 24.9 Å². The van der Waals surface area contributed by atoms with Crippen molar-refractivity contribution in [3.05, 3.63) is 18.2 Å². The van der Waals surface area contributed by atoms with Gasteiger partial charge in [0.25, 0.3) is 0 Å². The maximum absolute atomic E-state index is 12.9. The molecule has 11 N–H and O–H groups in total. The van der Waals surface area contributed by atoms with Crippen LogP contribution in [0.15, 0.2) is 17.5 Å². The van der Waals surface area contributed by atoms with Crippen LogP contribution < -0.4 is 33.2 Å². The molecule has 0 saturated heterocycles. The second-order valence-corrected chi connectivity index (χ2v) is 8.20. The first-order chi connectivity index (χ1) is 15.9. The van der Waals surface area contributed by atoms with Gasteiger partial charge in [-0.3, -0.25) is 19.4 Å². The number of aliphatic carboxylic acids is 1. The summed E-state index contributed by atoms with van der Waals surface area (Å²) in [5, 5.41) is 16.7. The van der Waals surface area contributed by atoms with E-state index < -0.39 is 47.9 Å². The summed E-state index contributed by atoms with van der Waals surface area (Å²) in [5.41, 5.74) is 17.0. The third-order valence-electron chi connectivity index (χ3n) is 4.90. The Morgan fingerprint density at radius 3 is 2.29 bits per heavy atom. The van der Waals surface area contributed by atoms with Gasteiger partial charge in [0.05, 0.1) is 12.4 Å². The van der Waals surface area contributed by atoms with Crippen LogP contribution in [0.25, 0.3) is 0 Å². The molecular weight excluding hydrogens is 446 g/mol. The number of hydrogen-bond acceptors (Lipinski definition) is 7. The van der Waals surface area contributed by atoms with E-state index in [0.29, 0.717) is 18.7 Å². The van der Waals surface area contributed by atoms with E-state index in [4.69, 9.17) is 17.2 Å². The van der Waals surface area contributed by atoms with Crippen LogP contribution in [0, 0.1) is 5.92 Å². The third kappa shape index (κ3) is 9.85. The SMILES string of the molecule is CC(NC(=O)C(Cc1cnc[nH]1)NC(=O)C(N)CCCN=C(N)N)C(=O)NC(C(=O)O)C(C)C. The molecule has 190 valence electrons. The van der Waals surface area contributed by atoms with Crippen LogP contribution in [0.4, 0.5) is 0 Å².